The Balaban J connectivity index is 3.03. The van der Waals surface area contributed by atoms with Crippen LogP contribution in [0.15, 0.2) is 0 Å². The van der Waals surface area contributed by atoms with Gasteiger partial charge in [-0.2, -0.15) is 15.0 Å². The van der Waals surface area contributed by atoms with Gasteiger partial charge in [0.2, 0.25) is 17.8 Å². The zero-order valence-corrected chi connectivity index (χ0v) is 10.2. The molecule has 0 saturated heterocycles. The van der Waals surface area contributed by atoms with Crippen LogP contribution in [0.3, 0.4) is 0 Å². The van der Waals surface area contributed by atoms with Crippen LogP contribution in [0, 0.1) is 0 Å². The maximum absolute atomic E-state index is 5.32. The van der Waals surface area contributed by atoms with Gasteiger partial charge in [0.15, 0.2) is 0 Å². The molecule has 0 fully saturated rings. The minimum absolute atomic E-state index is 0.372. The Kier molecular flexibility index (Phi) is 4.24. The molecular formula is C9H19N7. The second-order valence-electron chi connectivity index (χ2n) is 3.72. The molecule has 0 bridgehead atoms. The smallest absolute Gasteiger partial charge is 0.243 e. The van der Waals surface area contributed by atoms with Crippen molar-refractivity contribution < 1.29 is 0 Å². The van der Waals surface area contributed by atoms with Crippen LogP contribution in [0.1, 0.15) is 13.3 Å². The Morgan fingerprint density at radius 1 is 1.12 bits per heavy atom. The monoisotopic (exact) mass is 225 g/mol. The first-order valence-electron chi connectivity index (χ1n) is 5.19. The first-order valence-corrected chi connectivity index (χ1v) is 5.19. The summed E-state index contributed by atoms with van der Waals surface area (Å²) < 4.78 is 0. The minimum Gasteiger partial charge on any atom is -0.347 e. The predicted molar refractivity (Wildman–Crippen MR) is 65.5 cm³/mol. The molecule has 1 rings (SSSR count). The highest BCUT2D eigenvalue weighted by molar-refractivity contribution is 5.43. The lowest BCUT2D eigenvalue weighted by molar-refractivity contribution is 0.806. The Labute approximate surface area is 95.7 Å². The molecule has 0 atom stereocenters. The third kappa shape index (κ3) is 2.93. The molecule has 0 radical (unpaired) electrons. The van der Waals surface area contributed by atoms with Crippen LogP contribution in [-0.4, -0.2) is 42.6 Å². The largest absolute Gasteiger partial charge is 0.347 e. The van der Waals surface area contributed by atoms with Gasteiger partial charge in [-0.1, -0.05) is 6.92 Å². The van der Waals surface area contributed by atoms with E-state index in [9.17, 15) is 0 Å². The highest BCUT2D eigenvalue weighted by Crippen LogP contribution is 2.13. The minimum atomic E-state index is 0.372. The number of rotatable bonds is 5. The van der Waals surface area contributed by atoms with Crippen molar-refractivity contribution in [2.75, 3.05) is 42.9 Å². The van der Waals surface area contributed by atoms with Gasteiger partial charge in [0.1, 0.15) is 0 Å². The number of hydrogen-bond donors (Lipinski definition) is 2. The van der Waals surface area contributed by atoms with Crippen molar-refractivity contribution in [1.29, 1.82) is 0 Å². The summed E-state index contributed by atoms with van der Waals surface area (Å²) >= 11 is 0. The van der Waals surface area contributed by atoms with Crippen LogP contribution < -0.4 is 21.1 Å². The maximum Gasteiger partial charge on any atom is 0.243 e. The van der Waals surface area contributed by atoms with Gasteiger partial charge in [-0.15, -0.1) is 0 Å². The van der Waals surface area contributed by atoms with E-state index in [0.29, 0.717) is 17.8 Å². The number of nitrogens with zero attached hydrogens (tertiary/aromatic N) is 5. The van der Waals surface area contributed by atoms with E-state index in [1.54, 1.807) is 0 Å². The van der Waals surface area contributed by atoms with Crippen LogP contribution in [0.5, 0.6) is 0 Å². The molecule has 0 spiro atoms. The van der Waals surface area contributed by atoms with Gasteiger partial charge >= 0.3 is 0 Å². The zero-order valence-electron chi connectivity index (χ0n) is 10.2. The summed E-state index contributed by atoms with van der Waals surface area (Å²) in [6.07, 6.45) is 1.03. The molecule has 90 valence electrons. The van der Waals surface area contributed by atoms with Gasteiger partial charge in [0, 0.05) is 27.7 Å². The molecule has 16 heavy (non-hydrogen) atoms. The van der Waals surface area contributed by atoms with E-state index in [1.165, 1.54) is 0 Å². The third-order valence-corrected chi connectivity index (χ3v) is 2.04. The molecular weight excluding hydrogens is 206 g/mol. The van der Waals surface area contributed by atoms with Crippen LogP contribution in [0.25, 0.3) is 0 Å². The molecule has 7 heteroatoms. The molecule has 7 nitrogen and oxygen atoms in total. The molecule has 0 aliphatic carbocycles. The SMILES string of the molecule is CCCN(C)c1nc(NN)nc(N(C)C)n1. The van der Waals surface area contributed by atoms with Gasteiger partial charge in [-0.25, -0.2) is 5.84 Å². The quantitative estimate of drug-likeness (QED) is 0.542. The van der Waals surface area contributed by atoms with Crippen LogP contribution in [-0.2, 0) is 0 Å². The van der Waals surface area contributed by atoms with E-state index in [0.717, 1.165) is 13.0 Å². The van der Waals surface area contributed by atoms with Crippen LogP contribution in [0.2, 0.25) is 0 Å². The summed E-state index contributed by atoms with van der Waals surface area (Å²) in [6, 6.07) is 0. The number of nitrogens with one attached hydrogen (secondary N) is 1. The molecule has 1 aromatic rings. The number of nitrogen functional groups attached to an aromatic ring is 1. The van der Waals surface area contributed by atoms with Gasteiger partial charge in [0.05, 0.1) is 0 Å². The second-order valence-corrected chi connectivity index (χ2v) is 3.72. The summed E-state index contributed by atoms with van der Waals surface area (Å²) in [5.41, 5.74) is 2.44. The molecule has 1 aromatic heterocycles. The summed E-state index contributed by atoms with van der Waals surface area (Å²) in [7, 11) is 5.69. The highest BCUT2D eigenvalue weighted by atomic mass is 15.4. The van der Waals surface area contributed by atoms with E-state index >= 15 is 0 Å². The molecule has 0 amide bonds. The summed E-state index contributed by atoms with van der Waals surface area (Å²) in [6.45, 7) is 2.99. The Morgan fingerprint density at radius 3 is 2.25 bits per heavy atom. The molecule has 0 aromatic carbocycles. The molecule has 0 saturated carbocycles. The Hall–Kier alpha value is -1.63. The maximum atomic E-state index is 5.32. The second kappa shape index (κ2) is 5.45. The van der Waals surface area contributed by atoms with Crippen molar-refractivity contribution in [3.8, 4) is 0 Å². The number of hydrazine groups is 1. The van der Waals surface area contributed by atoms with Crippen molar-refractivity contribution in [1.82, 2.24) is 15.0 Å². The number of nitrogens with two attached hydrogens (primary N) is 1. The molecule has 1 heterocycles. The summed E-state index contributed by atoms with van der Waals surface area (Å²) in [5.74, 6) is 6.90. The summed E-state index contributed by atoms with van der Waals surface area (Å²) in [5, 5.41) is 0. The van der Waals surface area contributed by atoms with E-state index in [4.69, 9.17) is 5.84 Å². The average molecular weight is 225 g/mol. The first-order chi connectivity index (χ1) is 7.58. The lowest BCUT2D eigenvalue weighted by Gasteiger charge is -2.18. The fraction of sp³-hybridized carbons (Fsp3) is 0.667. The highest BCUT2D eigenvalue weighted by Gasteiger charge is 2.10. The molecule has 0 unspecified atom stereocenters. The Morgan fingerprint density at radius 2 is 1.75 bits per heavy atom. The third-order valence-electron chi connectivity index (χ3n) is 2.04. The fourth-order valence-corrected chi connectivity index (χ4v) is 1.22. The summed E-state index contributed by atoms with van der Waals surface area (Å²) in [4.78, 5) is 16.4. The predicted octanol–water partition coefficient (Wildman–Crippen LogP) is 0.0694. The Bertz CT molecular complexity index is 339. The average Bonchev–Trinajstić information content (AvgIpc) is 2.28. The molecule has 0 aliphatic rings. The topological polar surface area (TPSA) is 83.2 Å². The molecule has 0 aliphatic heterocycles. The zero-order chi connectivity index (χ0) is 12.1. The van der Waals surface area contributed by atoms with E-state index in [-0.39, 0.29) is 0 Å². The van der Waals surface area contributed by atoms with E-state index in [1.807, 2.05) is 30.9 Å². The van der Waals surface area contributed by atoms with Gasteiger partial charge in [0.25, 0.3) is 0 Å². The van der Waals surface area contributed by atoms with Crippen LogP contribution >= 0.6 is 0 Å². The van der Waals surface area contributed by atoms with Crippen molar-refractivity contribution in [2.45, 2.75) is 13.3 Å². The van der Waals surface area contributed by atoms with E-state index in [2.05, 4.69) is 27.3 Å². The van der Waals surface area contributed by atoms with Gasteiger partial charge in [-0.3, -0.25) is 5.43 Å². The van der Waals surface area contributed by atoms with Crippen molar-refractivity contribution in [3.05, 3.63) is 0 Å². The van der Waals surface area contributed by atoms with Gasteiger partial charge in [-0.05, 0) is 6.42 Å². The fourth-order valence-electron chi connectivity index (χ4n) is 1.22. The van der Waals surface area contributed by atoms with Crippen molar-refractivity contribution in [3.63, 3.8) is 0 Å². The van der Waals surface area contributed by atoms with Crippen LogP contribution in [0.4, 0.5) is 17.8 Å². The van der Waals surface area contributed by atoms with Crippen molar-refractivity contribution >= 4 is 17.8 Å². The number of aromatic nitrogens is 3. The van der Waals surface area contributed by atoms with E-state index < -0.39 is 0 Å². The number of hydrogen-bond acceptors (Lipinski definition) is 7. The lowest BCUT2D eigenvalue weighted by Crippen LogP contribution is -2.24. The number of anilines is 3. The normalized spacial score (nSPS) is 10.1. The standard InChI is InChI=1S/C9H19N7/c1-5-6-16(4)9-12-7(14-10)11-8(13-9)15(2)3/h5-6,10H2,1-4H3,(H,11,12,13,14). The lowest BCUT2D eigenvalue weighted by atomic mass is 10.4. The first kappa shape index (κ1) is 12.4. The molecule has 3 N–H and O–H groups in total. The van der Waals surface area contributed by atoms with Crippen molar-refractivity contribution in [2.24, 2.45) is 5.84 Å². The van der Waals surface area contributed by atoms with Gasteiger partial charge < -0.3 is 9.80 Å².